The molecule has 1 aliphatic rings. The molecule has 5 heteroatoms. The molecular formula is C14H20ClNO3. The van der Waals surface area contributed by atoms with Crippen LogP contribution in [0.15, 0.2) is 18.2 Å². The molecule has 1 aromatic carbocycles. The van der Waals surface area contributed by atoms with Crippen molar-refractivity contribution in [3.63, 3.8) is 0 Å². The molecule has 0 saturated carbocycles. The van der Waals surface area contributed by atoms with Crippen LogP contribution in [-0.2, 0) is 16.0 Å². The fourth-order valence-corrected chi connectivity index (χ4v) is 2.50. The van der Waals surface area contributed by atoms with Gasteiger partial charge >= 0.3 is 0 Å². The first kappa shape index (κ1) is 14.6. The van der Waals surface area contributed by atoms with E-state index in [-0.39, 0.29) is 5.60 Å². The molecule has 0 spiro atoms. The van der Waals surface area contributed by atoms with Crippen LogP contribution in [-0.4, -0.2) is 39.6 Å². The normalized spacial score (nSPS) is 22.7. The molecule has 4 nitrogen and oxygen atoms in total. The minimum Gasteiger partial charge on any atom is -0.495 e. The molecule has 1 aromatic rings. The molecule has 1 saturated heterocycles. The molecule has 1 fully saturated rings. The van der Waals surface area contributed by atoms with E-state index < -0.39 is 0 Å². The average Bonchev–Trinajstić information content (AvgIpc) is 2.88. The molecule has 0 aromatic heterocycles. The molecule has 0 aliphatic carbocycles. The summed E-state index contributed by atoms with van der Waals surface area (Å²) >= 11 is 6.09. The number of benzene rings is 1. The van der Waals surface area contributed by atoms with Crippen molar-refractivity contribution in [1.82, 2.24) is 5.32 Å². The maximum atomic E-state index is 6.09. The number of rotatable bonds is 6. The molecule has 106 valence electrons. The van der Waals surface area contributed by atoms with Crippen LogP contribution in [0, 0.1) is 0 Å². The predicted octanol–water partition coefficient (Wildman–Crippen LogP) is 2.24. The Morgan fingerprint density at radius 1 is 1.42 bits per heavy atom. The summed E-state index contributed by atoms with van der Waals surface area (Å²) in [4.78, 5) is 0. The third-order valence-electron chi connectivity index (χ3n) is 3.49. The summed E-state index contributed by atoms with van der Waals surface area (Å²) in [6.07, 6.45) is 0.930. The van der Waals surface area contributed by atoms with E-state index in [2.05, 4.69) is 5.32 Å². The molecule has 0 radical (unpaired) electrons. The lowest BCUT2D eigenvalue weighted by Gasteiger charge is -2.26. The first-order chi connectivity index (χ1) is 9.19. The Morgan fingerprint density at radius 2 is 2.26 bits per heavy atom. The lowest BCUT2D eigenvalue weighted by molar-refractivity contribution is -0.0159. The largest absolute Gasteiger partial charge is 0.495 e. The number of methoxy groups -OCH3 is 2. The summed E-state index contributed by atoms with van der Waals surface area (Å²) in [6, 6.07) is 5.80. The van der Waals surface area contributed by atoms with Crippen molar-refractivity contribution in [3.05, 3.63) is 28.8 Å². The summed E-state index contributed by atoms with van der Waals surface area (Å²) in [6.45, 7) is 2.94. The molecule has 2 rings (SSSR count). The first-order valence-electron chi connectivity index (χ1n) is 6.35. The third kappa shape index (κ3) is 3.60. The molecule has 1 heterocycles. The van der Waals surface area contributed by atoms with Crippen molar-refractivity contribution in [2.24, 2.45) is 0 Å². The zero-order valence-electron chi connectivity index (χ0n) is 11.4. The minimum atomic E-state index is -0.184. The Morgan fingerprint density at radius 3 is 2.84 bits per heavy atom. The lowest BCUT2D eigenvalue weighted by atomic mass is 10.0. The van der Waals surface area contributed by atoms with Gasteiger partial charge in [-0.25, -0.2) is 0 Å². The van der Waals surface area contributed by atoms with Gasteiger partial charge in [0.1, 0.15) is 11.4 Å². The minimum absolute atomic E-state index is 0.184. The van der Waals surface area contributed by atoms with Crippen molar-refractivity contribution < 1.29 is 14.2 Å². The Balaban J connectivity index is 1.87. The molecule has 1 aliphatic heterocycles. The Kier molecular flexibility index (Phi) is 5.05. The monoisotopic (exact) mass is 285 g/mol. The van der Waals surface area contributed by atoms with E-state index in [0.29, 0.717) is 17.4 Å². The molecule has 0 bridgehead atoms. The van der Waals surface area contributed by atoms with Gasteiger partial charge in [-0.3, -0.25) is 0 Å². The lowest BCUT2D eigenvalue weighted by Crippen LogP contribution is -2.42. The van der Waals surface area contributed by atoms with Crippen molar-refractivity contribution in [1.29, 1.82) is 0 Å². The van der Waals surface area contributed by atoms with Gasteiger partial charge in [0.2, 0.25) is 0 Å². The number of hydrogen-bond donors (Lipinski definition) is 1. The van der Waals surface area contributed by atoms with Gasteiger partial charge in [0.05, 0.1) is 18.7 Å². The average molecular weight is 286 g/mol. The van der Waals surface area contributed by atoms with Gasteiger partial charge in [-0.15, -0.1) is 0 Å². The van der Waals surface area contributed by atoms with E-state index >= 15 is 0 Å². The van der Waals surface area contributed by atoms with Crippen molar-refractivity contribution >= 4 is 11.6 Å². The first-order valence-corrected chi connectivity index (χ1v) is 6.73. The highest BCUT2D eigenvalue weighted by molar-refractivity contribution is 6.32. The second kappa shape index (κ2) is 6.57. The van der Waals surface area contributed by atoms with E-state index in [1.54, 1.807) is 14.2 Å². The van der Waals surface area contributed by atoms with Gasteiger partial charge in [-0.1, -0.05) is 17.7 Å². The smallest absolute Gasteiger partial charge is 0.137 e. The van der Waals surface area contributed by atoms with Crippen molar-refractivity contribution in [3.8, 4) is 5.75 Å². The molecule has 19 heavy (non-hydrogen) atoms. The van der Waals surface area contributed by atoms with Gasteiger partial charge in [-0.05, 0) is 17.7 Å². The topological polar surface area (TPSA) is 39.7 Å². The van der Waals surface area contributed by atoms with E-state index in [0.717, 1.165) is 31.7 Å². The van der Waals surface area contributed by atoms with Crippen LogP contribution < -0.4 is 10.1 Å². The summed E-state index contributed by atoms with van der Waals surface area (Å²) in [7, 11) is 3.35. The van der Waals surface area contributed by atoms with E-state index in [1.165, 1.54) is 0 Å². The highest BCUT2D eigenvalue weighted by atomic mass is 35.5. The van der Waals surface area contributed by atoms with Crippen LogP contribution in [0.4, 0.5) is 0 Å². The Labute approximate surface area is 119 Å². The standard InChI is InChI=1S/C14H20ClNO3/c1-17-13-4-3-11(7-12(13)15)8-16-9-14(18-2)5-6-19-10-14/h3-4,7,16H,5-6,8-10H2,1-2H3. The number of hydrogen-bond acceptors (Lipinski definition) is 4. The molecule has 1 atom stereocenters. The van der Waals surface area contributed by atoms with E-state index in [9.17, 15) is 0 Å². The quantitative estimate of drug-likeness (QED) is 0.870. The maximum absolute atomic E-state index is 6.09. The molecule has 1 N–H and O–H groups in total. The van der Waals surface area contributed by atoms with E-state index in [4.69, 9.17) is 25.8 Å². The number of halogens is 1. The zero-order chi connectivity index (χ0) is 13.7. The van der Waals surface area contributed by atoms with Crippen LogP contribution in [0.1, 0.15) is 12.0 Å². The van der Waals surface area contributed by atoms with Gasteiger partial charge in [-0.2, -0.15) is 0 Å². The fraction of sp³-hybridized carbons (Fsp3) is 0.571. The van der Waals surface area contributed by atoms with E-state index in [1.807, 2.05) is 18.2 Å². The van der Waals surface area contributed by atoms with Crippen LogP contribution in [0.2, 0.25) is 5.02 Å². The van der Waals surface area contributed by atoms with Gasteiger partial charge < -0.3 is 19.5 Å². The summed E-state index contributed by atoms with van der Waals surface area (Å²) in [5.74, 6) is 0.697. The van der Waals surface area contributed by atoms with Gasteiger partial charge in [0, 0.05) is 33.2 Å². The van der Waals surface area contributed by atoms with Gasteiger partial charge in [0.25, 0.3) is 0 Å². The molecule has 1 unspecified atom stereocenters. The second-order valence-corrected chi connectivity index (χ2v) is 5.17. The van der Waals surface area contributed by atoms with Gasteiger partial charge in [0.15, 0.2) is 0 Å². The highest BCUT2D eigenvalue weighted by Crippen LogP contribution is 2.25. The summed E-state index contributed by atoms with van der Waals surface area (Å²) < 4.78 is 16.1. The van der Waals surface area contributed by atoms with Crippen LogP contribution in [0.5, 0.6) is 5.75 Å². The van der Waals surface area contributed by atoms with Crippen LogP contribution >= 0.6 is 11.6 Å². The van der Waals surface area contributed by atoms with Crippen LogP contribution in [0.25, 0.3) is 0 Å². The Bertz CT molecular complexity index is 419. The molecule has 0 amide bonds. The maximum Gasteiger partial charge on any atom is 0.137 e. The summed E-state index contributed by atoms with van der Waals surface area (Å²) in [5, 5.41) is 4.03. The Hall–Kier alpha value is -0.810. The number of ether oxygens (including phenoxy) is 3. The highest BCUT2D eigenvalue weighted by Gasteiger charge is 2.34. The molecular weight excluding hydrogens is 266 g/mol. The third-order valence-corrected chi connectivity index (χ3v) is 3.79. The SMILES string of the molecule is COc1ccc(CNCC2(OC)CCOC2)cc1Cl. The van der Waals surface area contributed by atoms with Crippen molar-refractivity contribution in [2.75, 3.05) is 34.0 Å². The second-order valence-electron chi connectivity index (χ2n) is 4.76. The fourth-order valence-electron chi connectivity index (χ4n) is 2.22. The number of nitrogens with one attached hydrogen (secondary N) is 1. The van der Waals surface area contributed by atoms with Crippen LogP contribution in [0.3, 0.4) is 0 Å². The van der Waals surface area contributed by atoms with Crippen molar-refractivity contribution in [2.45, 2.75) is 18.6 Å². The zero-order valence-corrected chi connectivity index (χ0v) is 12.1. The summed E-state index contributed by atoms with van der Waals surface area (Å²) in [5.41, 5.74) is 0.937. The predicted molar refractivity (Wildman–Crippen MR) is 74.9 cm³/mol.